The molecular weight excluding hydrogens is 374 g/mol. The first kappa shape index (κ1) is 20.2. The second-order valence-electron chi connectivity index (χ2n) is 6.58. The van der Waals surface area contributed by atoms with E-state index in [9.17, 15) is 9.59 Å². The minimum atomic E-state index is -0.226. The van der Waals surface area contributed by atoms with E-state index < -0.39 is 0 Å². The fraction of sp³-hybridized carbons (Fsp3) is 0.333. The maximum atomic E-state index is 12.5. The van der Waals surface area contributed by atoms with Crippen molar-refractivity contribution in [3.63, 3.8) is 0 Å². The predicted octanol–water partition coefficient (Wildman–Crippen LogP) is 2.96. The zero-order valence-electron chi connectivity index (χ0n) is 16.2. The van der Waals surface area contributed by atoms with Gasteiger partial charge in [-0.15, -0.1) is 11.8 Å². The van der Waals surface area contributed by atoms with Crippen LogP contribution in [0.1, 0.15) is 10.4 Å². The minimum Gasteiger partial charge on any atom is -0.378 e. The maximum absolute atomic E-state index is 12.5. The Bertz CT molecular complexity index is 803. The van der Waals surface area contributed by atoms with Crippen molar-refractivity contribution in [3.05, 3.63) is 54.1 Å². The molecule has 148 valence electrons. The number of benzene rings is 2. The van der Waals surface area contributed by atoms with Gasteiger partial charge >= 0.3 is 0 Å². The van der Waals surface area contributed by atoms with Crippen molar-refractivity contribution < 1.29 is 14.3 Å². The molecule has 2 aromatic carbocycles. The van der Waals surface area contributed by atoms with Crippen molar-refractivity contribution in [2.45, 2.75) is 4.90 Å². The van der Waals surface area contributed by atoms with Gasteiger partial charge in [-0.3, -0.25) is 9.59 Å². The number of nitrogens with zero attached hydrogens (tertiary/aromatic N) is 2. The lowest BCUT2D eigenvalue weighted by atomic mass is 10.2. The Labute approximate surface area is 169 Å². The second kappa shape index (κ2) is 9.61. The lowest BCUT2D eigenvalue weighted by molar-refractivity contribution is -0.116. The van der Waals surface area contributed by atoms with E-state index in [-0.39, 0.29) is 18.4 Å². The van der Waals surface area contributed by atoms with E-state index in [2.05, 4.69) is 10.2 Å². The van der Waals surface area contributed by atoms with Crippen LogP contribution < -0.4 is 10.2 Å². The summed E-state index contributed by atoms with van der Waals surface area (Å²) in [5.41, 5.74) is 2.40. The van der Waals surface area contributed by atoms with Gasteiger partial charge < -0.3 is 19.9 Å². The molecule has 0 spiro atoms. The molecule has 1 fully saturated rings. The largest absolute Gasteiger partial charge is 0.378 e. The monoisotopic (exact) mass is 399 g/mol. The number of ether oxygens (including phenoxy) is 1. The lowest BCUT2D eigenvalue weighted by Gasteiger charge is -2.28. The smallest absolute Gasteiger partial charge is 0.254 e. The molecule has 1 aliphatic rings. The summed E-state index contributed by atoms with van der Waals surface area (Å²) in [6.07, 6.45) is 1.99. The highest BCUT2D eigenvalue weighted by atomic mass is 32.2. The Hall–Kier alpha value is -2.51. The van der Waals surface area contributed by atoms with Crippen LogP contribution in [0.3, 0.4) is 0 Å². The van der Waals surface area contributed by atoms with Crippen molar-refractivity contribution in [2.24, 2.45) is 0 Å². The van der Waals surface area contributed by atoms with Gasteiger partial charge in [0.25, 0.3) is 5.91 Å². The molecule has 0 aliphatic carbocycles. The quantitative estimate of drug-likeness (QED) is 0.757. The average Bonchev–Trinajstić information content (AvgIpc) is 2.74. The Balaban J connectivity index is 1.53. The van der Waals surface area contributed by atoms with Crippen molar-refractivity contribution in [3.8, 4) is 0 Å². The SMILES string of the molecule is CSc1ccc(C(=O)N(C)CC(=O)Nc2ccc(N3CCOCC3)cc2)cc1. The Kier molecular flexibility index (Phi) is 6.95. The molecule has 6 nitrogen and oxygen atoms in total. The van der Waals surface area contributed by atoms with Gasteiger partial charge in [0.05, 0.1) is 19.8 Å². The van der Waals surface area contributed by atoms with E-state index in [1.165, 1.54) is 4.90 Å². The van der Waals surface area contributed by atoms with Crippen molar-refractivity contribution >= 4 is 35.0 Å². The number of nitrogens with one attached hydrogen (secondary N) is 1. The van der Waals surface area contributed by atoms with Crippen LogP contribution in [0, 0.1) is 0 Å². The van der Waals surface area contributed by atoms with E-state index in [0.717, 1.165) is 36.9 Å². The summed E-state index contributed by atoms with van der Waals surface area (Å²) < 4.78 is 5.37. The van der Waals surface area contributed by atoms with E-state index >= 15 is 0 Å². The highest BCUT2D eigenvalue weighted by Gasteiger charge is 2.15. The van der Waals surface area contributed by atoms with Crippen LogP contribution in [0.25, 0.3) is 0 Å². The average molecular weight is 400 g/mol. The first-order valence-electron chi connectivity index (χ1n) is 9.19. The van der Waals surface area contributed by atoms with Gasteiger partial charge in [-0.1, -0.05) is 0 Å². The van der Waals surface area contributed by atoms with Gasteiger partial charge in [0.15, 0.2) is 0 Å². The summed E-state index contributed by atoms with van der Waals surface area (Å²) in [7, 11) is 1.63. The minimum absolute atomic E-state index is 0.00563. The molecule has 0 aromatic heterocycles. The molecule has 0 radical (unpaired) electrons. The summed E-state index contributed by atoms with van der Waals surface area (Å²) in [6.45, 7) is 3.21. The third-order valence-electron chi connectivity index (χ3n) is 4.59. The summed E-state index contributed by atoms with van der Waals surface area (Å²) in [4.78, 5) is 29.6. The molecule has 0 atom stereocenters. The van der Waals surface area contributed by atoms with E-state index in [0.29, 0.717) is 11.3 Å². The summed E-state index contributed by atoms with van der Waals surface area (Å²) in [6, 6.07) is 15.1. The number of amides is 2. The normalized spacial score (nSPS) is 13.9. The first-order valence-corrected chi connectivity index (χ1v) is 10.4. The number of rotatable bonds is 6. The van der Waals surface area contributed by atoms with Crippen LogP contribution >= 0.6 is 11.8 Å². The molecule has 1 heterocycles. The Morgan fingerprint density at radius 3 is 2.32 bits per heavy atom. The molecule has 7 heteroatoms. The first-order chi connectivity index (χ1) is 13.6. The Morgan fingerprint density at radius 1 is 1.07 bits per heavy atom. The fourth-order valence-corrected chi connectivity index (χ4v) is 3.43. The molecule has 1 N–H and O–H groups in total. The number of carbonyl (C=O) groups excluding carboxylic acids is 2. The van der Waals surface area contributed by atoms with Crippen LogP contribution in [0.15, 0.2) is 53.4 Å². The van der Waals surface area contributed by atoms with Crippen LogP contribution in [0.5, 0.6) is 0 Å². The van der Waals surface area contributed by atoms with Crippen LogP contribution in [0.4, 0.5) is 11.4 Å². The summed E-state index contributed by atoms with van der Waals surface area (Å²) >= 11 is 1.62. The molecule has 0 unspecified atom stereocenters. The lowest BCUT2D eigenvalue weighted by Crippen LogP contribution is -2.36. The topological polar surface area (TPSA) is 61.9 Å². The number of thioether (sulfide) groups is 1. The predicted molar refractivity (Wildman–Crippen MR) is 113 cm³/mol. The zero-order chi connectivity index (χ0) is 19.9. The van der Waals surface area contributed by atoms with Gasteiger partial charge in [0, 0.05) is 42.0 Å². The van der Waals surface area contributed by atoms with Gasteiger partial charge in [-0.05, 0) is 54.8 Å². The number of likely N-dealkylation sites (N-methyl/N-ethyl adjacent to an activating group) is 1. The molecule has 1 saturated heterocycles. The number of carbonyl (C=O) groups is 2. The van der Waals surface area contributed by atoms with Crippen LogP contribution in [0.2, 0.25) is 0 Å². The molecule has 0 bridgehead atoms. The van der Waals surface area contributed by atoms with Gasteiger partial charge in [-0.25, -0.2) is 0 Å². The fourth-order valence-electron chi connectivity index (χ4n) is 3.02. The standard InChI is InChI=1S/C21H25N3O3S/c1-23(21(26)16-3-9-19(28-2)10-4-16)15-20(25)22-17-5-7-18(8-6-17)24-11-13-27-14-12-24/h3-10H,11-15H2,1-2H3,(H,22,25). The van der Waals surface area contributed by atoms with E-state index in [1.54, 1.807) is 30.9 Å². The van der Waals surface area contributed by atoms with Gasteiger partial charge in [0.1, 0.15) is 0 Å². The Morgan fingerprint density at radius 2 is 1.71 bits per heavy atom. The highest BCUT2D eigenvalue weighted by Crippen LogP contribution is 2.19. The van der Waals surface area contributed by atoms with Crippen LogP contribution in [-0.2, 0) is 9.53 Å². The molecule has 2 amide bonds. The van der Waals surface area contributed by atoms with Crippen molar-refractivity contribution in [2.75, 3.05) is 56.4 Å². The molecule has 2 aromatic rings. The van der Waals surface area contributed by atoms with E-state index in [4.69, 9.17) is 4.74 Å². The molecule has 0 saturated carbocycles. The third kappa shape index (κ3) is 5.27. The number of hydrogen-bond donors (Lipinski definition) is 1. The van der Waals surface area contributed by atoms with Crippen molar-refractivity contribution in [1.82, 2.24) is 4.90 Å². The highest BCUT2D eigenvalue weighted by molar-refractivity contribution is 7.98. The van der Waals surface area contributed by atoms with Gasteiger partial charge in [0.2, 0.25) is 5.91 Å². The number of hydrogen-bond acceptors (Lipinski definition) is 5. The third-order valence-corrected chi connectivity index (χ3v) is 5.34. The summed E-state index contributed by atoms with van der Waals surface area (Å²) in [5.74, 6) is -0.402. The molecule has 1 aliphatic heterocycles. The zero-order valence-corrected chi connectivity index (χ0v) is 17.0. The molecule has 28 heavy (non-hydrogen) atoms. The molecule has 3 rings (SSSR count). The van der Waals surface area contributed by atoms with Gasteiger partial charge in [-0.2, -0.15) is 0 Å². The molecular formula is C21H25N3O3S. The summed E-state index contributed by atoms with van der Waals surface area (Å²) in [5, 5.41) is 2.85. The number of anilines is 2. The second-order valence-corrected chi connectivity index (χ2v) is 7.46. The van der Waals surface area contributed by atoms with E-state index in [1.807, 2.05) is 42.7 Å². The van der Waals surface area contributed by atoms with Crippen LogP contribution in [-0.4, -0.2) is 62.9 Å². The number of morpholine rings is 1. The van der Waals surface area contributed by atoms with Crippen molar-refractivity contribution in [1.29, 1.82) is 0 Å². The maximum Gasteiger partial charge on any atom is 0.254 e.